The number of carboxylic acid groups (broad SMARTS) is 1. The highest BCUT2D eigenvalue weighted by molar-refractivity contribution is 5.67. The lowest BCUT2D eigenvalue weighted by molar-refractivity contribution is -0.139. The Bertz CT molecular complexity index is 251. The molecule has 2 aliphatic heterocycles. The largest absolute Gasteiger partial charge is 0.481 e. The molecule has 0 aromatic carbocycles. The van der Waals surface area contributed by atoms with Gasteiger partial charge < -0.3 is 9.84 Å². The zero-order valence-corrected chi connectivity index (χ0v) is 10.4. The van der Waals surface area contributed by atoms with E-state index >= 15 is 0 Å². The Labute approximate surface area is 103 Å². The summed E-state index contributed by atoms with van der Waals surface area (Å²) in [5, 5.41) is 8.93. The van der Waals surface area contributed by atoms with Gasteiger partial charge in [0.05, 0.1) is 12.5 Å². The molecule has 17 heavy (non-hydrogen) atoms. The van der Waals surface area contributed by atoms with Crippen molar-refractivity contribution in [2.75, 3.05) is 19.7 Å². The van der Waals surface area contributed by atoms with Gasteiger partial charge >= 0.3 is 5.97 Å². The third-order valence-corrected chi connectivity index (χ3v) is 3.87. The molecule has 0 bridgehead atoms. The number of hydrogen-bond acceptors (Lipinski definition) is 3. The van der Waals surface area contributed by atoms with Crippen molar-refractivity contribution in [1.82, 2.24) is 4.90 Å². The molecule has 2 atom stereocenters. The maximum Gasteiger partial charge on any atom is 0.304 e. The number of piperidine rings is 1. The average Bonchev–Trinajstić information content (AvgIpc) is 2.32. The summed E-state index contributed by atoms with van der Waals surface area (Å²) in [6.07, 6.45) is 7.57. The number of ether oxygens (including phenoxy) is 1. The van der Waals surface area contributed by atoms with Crippen molar-refractivity contribution < 1.29 is 14.6 Å². The monoisotopic (exact) mass is 241 g/mol. The minimum Gasteiger partial charge on any atom is -0.481 e. The van der Waals surface area contributed by atoms with Crippen molar-refractivity contribution in [3.8, 4) is 0 Å². The highest BCUT2D eigenvalue weighted by Crippen LogP contribution is 2.22. The van der Waals surface area contributed by atoms with Crippen LogP contribution in [0.3, 0.4) is 0 Å². The van der Waals surface area contributed by atoms with Gasteiger partial charge in [-0.05, 0) is 38.6 Å². The predicted octanol–water partition coefficient (Wildman–Crippen LogP) is 1.88. The molecule has 0 amide bonds. The fourth-order valence-corrected chi connectivity index (χ4v) is 2.95. The fraction of sp³-hybridized carbons (Fsp3) is 0.923. The first-order valence-electron chi connectivity index (χ1n) is 6.83. The quantitative estimate of drug-likeness (QED) is 0.816. The molecule has 0 saturated carbocycles. The van der Waals surface area contributed by atoms with Crippen LogP contribution in [0, 0.1) is 0 Å². The molecule has 1 N–H and O–H groups in total. The van der Waals surface area contributed by atoms with Crippen LogP contribution in [0.1, 0.15) is 44.9 Å². The summed E-state index contributed by atoms with van der Waals surface area (Å²) < 4.78 is 5.74. The molecule has 2 rings (SSSR count). The third-order valence-electron chi connectivity index (χ3n) is 3.87. The number of aliphatic carboxylic acids is 1. The van der Waals surface area contributed by atoms with Gasteiger partial charge in [-0.2, -0.15) is 0 Å². The topological polar surface area (TPSA) is 49.8 Å². The van der Waals surface area contributed by atoms with E-state index in [4.69, 9.17) is 9.84 Å². The highest BCUT2D eigenvalue weighted by atomic mass is 16.5. The van der Waals surface area contributed by atoms with Gasteiger partial charge in [0.25, 0.3) is 0 Å². The third kappa shape index (κ3) is 3.96. The van der Waals surface area contributed by atoms with Crippen LogP contribution in [-0.4, -0.2) is 47.8 Å². The molecule has 4 nitrogen and oxygen atoms in total. The smallest absolute Gasteiger partial charge is 0.304 e. The van der Waals surface area contributed by atoms with Crippen LogP contribution in [0.2, 0.25) is 0 Å². The van der Waals surface area contributed by atoms with Crippen LogP contribution in [-0.2, 0) is 9.53 Å². The van der Waals surface area contributed by atoms with Crippen molar-refractivity contribution in [1.29, 1.82) is 0 Å². The SMILES string of the molecule is O=C(O)CC1CCCCN1CC1CCCCO1. The number of hydrogen-bond donors (Lipinski definition) is 1. The zero-order chi connectivity index (χ0) is 12.1. The molecule has 2 saturated heterocycles. The van der Waals surface area contributed by atoms with E-state index in [2.05, 4.69) is 4.90 Å². The van der Waals surface area contributed by atoms with Crippen molar-refractivity contribution in [2.45, 2.75) is 57.1 Å². The molecule has 2 aliphatic rings. The number of carboxylic acids is 1. The minimum atomic E-state index is -0.675. The van der Waals surface area contributed by atoms with Gasteiger partial charge in [-0.3, -0.25) is 9.69 Å². The second-order valence-corrected chi connectivity index (χ2v) is 5.23. The molecule has 0 aromatic heterocycles. The van der Waals surface area contributed by atoms with Crippen LogP contribution >= 0.6 is 0 Å². The van der Waals surface area contributed by atoms with E-state index in [-0.39, 0.29) is 12.5 Å². The Morgan fingerprint density at radius 1 is 1.24 bits per heavy atom. The normalized spacial score (nSPS) is 31.3. The van der Waals surface area contributed by atoms with Crippen LogP contribution in [0.15, 0.2) is 0 Å². The Morgan fingerprint density at radius 3 is 2.76 bits per heavy atom. The van der Waals surface area contributed by atoms with Gasteiger partial charge in [0, 0.05) is 19.2 Å². The molecule has 0 spiro atoms. The fourth-order valence-electron chi connectivity index (χ4n) is 2.95. The summed E-state index contributed by atoms with van der Waals surface area (Å²) in [7, 11) is 0. The molecule has 2 heterocycles. The number of likely N-dealkylation sites (tertiary alicyclic amines) is 1. The molecule has 0 radical (unpaired) electrons. The standard InChI is InChI=1S/C13H23NO3/c15-13(16)9-11-5-1-3-7-14(11)10-12-6-2-4-8-17-12/h11-12H,1-10H2,(H,15,16). The van der Waals surface area contributed by atoms with E-state index in [1.165, 1.54) is 25.7 Å². The predicted molar refractivity (Wildman–Crippen MR) is 65.1 cm³/mol. The van der Waals surface area contributed by atoms with Gasteiger partial charge in [0.1, 0.15) is 0 Å². The lowest BCUT2D eigenvalue weighted by Crippen LogP contribution is -2.45. The first-order chi connectivity index (χ1) is 8.25. The van der Waals surface area contributed by atoms with E-state index < -0.39 is 5.97 Å². The molecule has 4 heteroatoms. The summed E-state index contributed by atoms with van der Waals surface area (Å²) in [6, 6.07) is 0.228. The number of rotatable bonds is 4. The second kappa shape index (κ2) is 6.36. The Balaban J connectivity index is 1.84. The molecule has 0 aliphatic carbocycles. The van der Waals surface area contributed by atoms with Crippen molar-refractivity contribution in [2.24, 2.45) is 0 Å². The first-order valence-corrected chi connectivity index (χ1v) is 6.83. The average molecular weight is 241 g/mol. The van der Waals surface area contributed by atoms with Gasteiger partial charge in [-0.15, -0.1) is 0 Å². The van der Waals surface area contributed by atoms with Crippen LogP contribution in [0.25, 0.3) is 0 Å². The van der Waals surface area contributed by atoms with Gasteiger partial charge in [-0.1, -0.05) is 6.42 Å². The first kappa shape index (κ1) is 12.8. The molecule has 2 fully saturated rings. The van der Waals surface area contributed by atoms with Gasteiger partial charge in [0.15, 0.2) is 0 Å². The maximum atomic E-state index is 10.8. The Hall–Kier alpha value is -0.610. The molecule has 2 unspecified atom stereocenters. The summed E-state index contributed by atoms with van der Waals surface area (Å²) in [5.74, 6) is -0.675. The lowest BCUT2D eigenvalue weighted by Gasteiger charge is -2.38. The van der Waals surface area contributed by atoms with E-state index in [1.54, 1.807) is 0 Å². The minimum absolute atomic E-state index is 0.228. The van der Waals surface area contributed by atoms with Crippen LogP contribution in [0.5, 0.6) is 0 Å². The second-order valence-electron chi connectivity index (χ2n) is 5.23. The van der Waals surface area contributed by atoms with E-state index in [0.29, 0.717) is 6.10 Å². The summed E-state index contributed by atoms with van der Waals surface area (Å²) in [6.45, 7) is 2.85. The summed E-state index contributed by atoms with van der Waals surface area (Å²) in [4.78, 5) is 13.2. The van der Waals surface area contributed by atoms with Crippen molar-refractivity contribution in [3.63, 3.8) is 0 Å². The molecule has 98 valence electrons. The van der Waals surface area contributed by atoms with E-state index in [9.17, 15) is 4.79 Å². The van der Waals surface area contributed by atoms with Crippen molar-refractivity contribution >= 4 is 5.97 Å². The highest BCUT2D eigenvalue weighted by Gasteiger charge is 2.27. The maximum absolute atomic E-state index is 10.8. The van der Waals surface area contributed by atoms with Crippen LogP contribution < -0.4 is 0 Å². The van der Waals surface area contributed by atoms with Crippen LogP contribution in [0.4, 0.5) is 0 Å². The number of nitrogens with zero attached hydrogens (tertiary/aromatic N) is 1. The zero-order valence-electron chi connectivity index (χ0n) is 10.4. The van der Waals surface area contributed by atoms with Crippen molar-refractivity contribution in [3.05, 3.63) is 0 Å². The van der Waals surface area contributed by atoms with Gasteiger partial charge in [0.2, 0.25) is 0 Å². The summed E-state index contributed by atoms with van der Waals surface area (Å²) >= 11 is 0. The number of carbonyl (C=O) groups is 1. The molecular weight excluding hydrogens is 218 g/mol. The van der Waals surface area contributed by atoms with Gasteiger partial charge in [-0.25, -0.2) is 0 Å². The summed E-state index contributed by atoms with van der Waals surface area (Å²) in [5.41, 5.74) is 0. The van der Waals surface area contributed by atoms with E-state index in [0.717, 1.165) is 32.5 Å². The molecular formula is C13H23NO3. The molecule has 0 aromatic rings. The Morgan fingerprint density at radius 2 is 2.06 bits per heavy atom. The lowest BCUT2D eigenvalue weighted by atomic mass is 9.98. The Kier molecular flexibility index (Phi) is 4.80. The van der Waals surface area contributed by atoms with E-state index in [1.807, 2.05) is 0 Å².